The minimum Gasteiger partial charge on any atom is -0.280 e. The molecule has 2 rings (SSSR count). The zero-order valence-electron chi connectivity index (χ0n) is 10.4. The Kier molecular flexibility index (Phi) is 3.85. The molecule has 0 aliphatic heterocycles. The maximum absolute atomic E-state index is 12.7. The normalized spacial score (nSPS) is 11.3. The standard InChI is InChI=1S/C14H14FNO2S/c1-2-11-3-9-14(10-4-11)19(17,18)16-13-7-5-12(15)6-8-13/h3-10,16H,2H2,1H3. The molecule has 19 heavy (non-hydrogen) atoms. The highest BCUT2D eigenvalue weighted by atomic mass is 32.2. The third-order valence-corrected chi connectivity index (χ3v) is 4.14. The SMILES string of the molecule is CCc1ccc(S(=O)(=O)Nc2ccc(F)cc2)cc1. The molecule has 0 unspecified atom stereocenters. The van der Waals surface area contributed by atoms with Crippen molar-refractivity contribution in [2.24, 2.45) is 0 Å². The van der Waals surface area contributed by atoms with Crippen LogP contribution in [-0.2, 0) is 16.4 Å². The van der Waals surface area contributed by atoms with Gasteiger partial charge in [0.1, 0.15) is 5.82 Å². The molecule has 0 bridgehead atoms. The monoisotopic (exact) mass is 279 g/mol. The van der Waals surface area contributed by atoms with Crippen LogP contribution in [0.3, 0.4) is 0 Å². The Morgan fingerprint density at radius 3 is 2.11 bits per heavy atom. The molecule has 0 saturated carbocycles. The minimum absolute atomic E-state index is 0.189. The third-order valence-electron chi connectivity index (χ3n) is 2.74. The van der Waals surface area contributed by atoms with Crippen molar-refractivity contribution in [2.45, 2.75) is 18.2 Å². The summed E-state index contributed by atoms with van der Waals surface area (Å²) in [7, 11) is -3.62. The molecule has 100 valence electrons. The second-order valence-electron chi connectivity index (χ2n) is 4.11. The predicted molar refractivity (Wildman–Crippen MR) is 73.0 cm³/mol. The van der Waals surface area contributed by atoms with Crippen LogP contribution in [0, 0.1) is 5.82 Å². The van der Waals surface area contributed by atoms with Gasteiger partial charge in [-0.05, 0) is 48.4 Å². The second-order valence-corrected chi connectivity index (χ2v) is 5.79. The molecule has 0 atom stereocenters. The summed E-state index contributed by atoms with van der Waals surface area (Å²) >= 11 is 0. The van der Waals surface area contributed by atoms with Gasteiger partial charge in [-0.2, -0.15) is 0 Å². The van der Waals surface area contributed by atoms with Crippen LogP contribution < -0.4 is 4.72 Å². The Labute approximate surface area is 112 Å². The lowest BCUT2D eigenvalue weighted by atomic mass is 10.2. The van der Waals surface area contributed by atoms with Crippen molar-refractivity contribution in [3.63, 3.8) is 0 Å². The zero-order valence-corrected chi connectivity index (χ0v) is 11.2. The molecule has 0 amide bonds. The molecule has 5 heteroatoms. The average Bonchev–Trinajstić information content (AvgIpc) is 2.41. The van der Waals surface area contributed by atoms with E-state index < -0.39 is 15.8 Å². The molecule has 2 aromatic rings. The Morgan fingerprint density at radius 2 is 1.58 bits per heavy atom. The first kappa shape index (κ1) is 13.5. The van der Waals surface area contributed by atoms with Gasteiger partial charge in [0.15, 0.2) is 0 Å². The van der Waals surface area contributed by atoms with E-state index in [0.717, 1.165) is 12.0 Å². The van der Waals surface area contributed by atoms with E-state index >= 15 is 0 Å². The molecule has 0 fully saturated rings. The van der Waals surface area contributed by atoms with Gasteiger partial charge in [0.2, 0.25) is 0 Å². The summed E-state index contributed by atoms with van der Waals surface area (Å²) in [5.41, 5.74) is 1.40. The highest BCUT2D eigenvalue weighted by Gasteiger charge is 2.13. The van der Waals surface area contributed by atoms with Crippen molar-refractivity contribution in [1.82, 2.24) is 0 Å². The number of sulfonamides is 1. The van der Waals surface area contributed by atoms with E-state index in [1.165, 1.54) is 24.3 Å². The fourth-order valence-corrected chi connectivity index (χ4v) is 2.69. The molecule has 0 heterocycles. The molecule has 1 N–H and O–H groups in total. The number of rotatable bonds is 4. The largest absolute Gasteiger partial charge is 0.280 e. The van der Waals surface area contributed by atoms with Gasteiger partial charge in [0.25, 0.3) is 10.0 Å². The Morgan fingerprint density at radius 1 is 1.00 bits per heavy atom. The number of nitrogens with one attached hydrogen (secondary N) is 1. The van der Waals surface area contributed by atoms with Crippen molar-refractivity contribution < 1.29 is 12.8 Å². The first-order valence-electron chi connectivity index (χ1n) is 5.88. The highest BCUT2D eigenvalue weighted by molar-refractivity contribution is 7.92. The first-order valence-corrected chi connectivity index (χ1v) is 7.37. The van der Waals surface area contributed by atoms with Crippen molar-refractivity contribution >= 4 is 15.7 Å². The van der Waals surface area contributed by atoms with E-state index in [4.69, 9.17) is 0 Å². The quantitative estimate of drug-likeness (QED) is 0.934. The molecule has 0 saturated heterocycles. The van der Waals surface area contributed by atoms with Gasteiger partial charge >= 0.3 is 0 Å². The second kappa shape index (κ2) is 5.40. The summed E-state index contributed by atoms with van der Waals surface area (Å²) in [6, 6.07) is 11.9. The number of anilines is 1. The predicted octanol–water partition coefficient (Wildman–Crippen LogP) is 3.19. The van der Waals surface area contributed by atoms with Gasteiger partial charge in [-0.1, -0.05) is 19.1 Å². The molecule has 0 radical (unpaired) electrons. The molecule has 3 nitrogen and oxygen atoms in total. The smallest absolute Gasteiger partial charge is 0.261 e. The lowest BCUT2D eigenvalue weighted by Crippen LogP contribution is -2.12. The highest BCUT2D eigenvalue weighted by Crippen LogP contribution is 2.17. The summed E-state index contributed by atoms with van der Waals surface area (Å²) in [4.78, 5) is 0.189. The van der Waals surface area contributed by atoms with Crippen LogP contribution in [0.2, 0.25) is 0 Å². The molecule has 0 aromatic heterocycles. The third kappa shape index (κ3) is 3.32. The van der Waals surface area contributed by atoms with Gasteiger partial charge in [0, 0.05) is 5.69 Å². The Balaban J connectivity index is 2.24. The van der Waals surface area contributed by atoms with Crippen molar-refractivity contribution in [3.8, 4) is 0 Å². The number of aryl methyl sites for hydroxylation is 1. The van der Waals surface area contributed by atoms with Crippen molar-refractivity contribution in [2.75, 3.05) is 4.72 Å². The number of halogens is 1. The summed E-state index contributed by atoms with van der Waals surface area (Å²) in [5, 5.41) is 0. The Hall–Kier alpha value is -1.88. The van der Waals surface area contributed by atoms with Crippen molar-refractivity contribution in [3.05, 3.63) is 59.9 Å². The van der Waals surface area contributed by atoms with Crippen LogP contribution in [0.4, 0.5) is 10.1 Å². The number of hydrogen-bond acceptors (Lipinski definition) is 2. The van der Waals surface area contributed by atoms with Gasteiger partial charge in [-0.3, -0.25) is 4.72 Å². The fourth-order valence-electron chi connectivity index (χ4n) is 1.64. The Bertz CT molecular complexity index is 649. The van der Waals surface area contributed by atoms with E-state index in [9.17, 15) is 12.8 Å². The molecule has 0 aliphatic carbocycles. The van der Waals surface area contributed by atoms with E-state index in [1.807, 2.05) is 6.92 Å². The average molecular weight is 279 g/mol. The topological polar surface area (TPSA) is 46.2 Å². The van der Waals surface area contributed by atoms with E-state index in [-0.39, 0.29) is 4.90 Å². The van der Waals surface area contributed by atoms with Gasteiger partial charge in [0.05, 0.1) is 4.90 Å². The van der Waals surface area contributed by atoms with E-state index in [1.54, 1.807) is 24.3 Å². The van der Waals surface area contributed by atoms with E-state index in [0.29, 0.717) is 5.69 Å². The fraction of sp³-hybridized carbons (Fsp3) is 0.143. The lowest BCUT2D eigenvalue weighted by molar-refractivity contribution is 0.601. The number of hydrogen-bond donors (Lipinski definition) is 1. The van der Waals surface area contributed by atoms with Crippen LogP contribution in [0.5, 0.6) is 0 Å². The van der Waals surface area contributed by atoms with E-state index in [2.05, 4.69) is 4.72 Å². The van der Waals surface area contributed by atoms with Crippen LogP contribution in [0.25, 0.3) is 0 Å². The summed E-state index contributed by atoms with van der Waals surface area (Å²) in [6.45, 7) is 2.00. The van der Waals surface area contributed by atoms with Gasteiger partial charge < -0.3 is 0 Å². The summed E-state index contributed by atoms with van der Waals surface area (Å²) in [5.74, 6) is -0.407. The van der Waals surface area contributed by atoms with Gasteiger partial charge in [-0.25, -0.2) is 12.8 Å². The van der Waals surface area contributed by atoms with Crippen molar-refractivity contribution in [1.29, 1.82) is 0 Å². The maximum Gasteiger partial charge on any atom is 0.261 e. The van der Waals surface area contributed by atoms with Crippen LogP contribution in [-0.4, -0.2) is 8.42 Å². The minimum atomic E-state index is -3.62. The lowest BCUT2D eigenvalue weighted by Gasteiger charge is -2.08. The molecule has 0 aliphatic rings. The molecular formula is C14H14FNO2S. The van der Waals surface area contributed by atoms with Crippen LogP contribution >= 0.6 is 0 Å². The molecular weight excluding hydrogens is 265 g/mol. The van der Waals surface area contributed by atoms with Crippen LogP contribution in [0.1, 0.15) is 12.5 Å². The summed E-state index contributed by atoms with van der Waals surface area (Å²) in [6.07, 6.45) is 0.853. The molecule has 2 aromatic carbocycles. The maximum atomic E-state index is 12.7. The zero-order chi connectivity index (χ0) is 13.9. The first-order chi connectivity index (χ1) is 9.01. The van der Waals surface area contributed by atoms with Crippen LogP contribution in [0.15, 0.2) is 53.4 Å². The molecule has 0 spiro atoms. The summed E-state index contributed by atoms with van der Waals surface area (Å²) < 4.78 is 39.3. The number of benzene rings is 2. The van der Waals surface area contributed by atoms with Gasteiger partial charge in [-0.15, -0.1) is 0 Å².